The zero-order chi connectivity index (χ0) is 14.5. The third kappa shape index (κ3) is 4.17. The normalized spacial score (nSPS) is 10.3. The van der Waals surface area contributed by atoms with Crippen LogP contribution >= 0.6 is 15.9 Å². The lowest BCUT2D eigenvalue weighted by molar-refractivity contribution is -0.116. The number of benzene rings is 2. The Morgan fingerprint density at radius 2 is 1.90 bits per heavy atom. The molecule has 0 radical (unpaired) electrons. The van der Waals surface area contributed by atoms with E-state index in [1.54, 1.807) is 6.07 Å². The summed E-state index contributed by atoms with van der Waals surface area (Å²) in [5.74, 6) is -0.501. The zero-order valence-corrected chi connectivity index (χ0v) is 12.7. The summed E-state index contributed by atoms with van der Waals surface area (Å²) in [7, 11) is 0. The highest BCUT2D eigenvalue weighted by atomic mass is 79.9. The first-order valence-electron chi connectivity index (χ1n) is 6.35. The second-order valence-electron chi connectivity index (χ2n) is 4.66. The van der Waals surface area contributed by atoms with Crippen molar-refractivity contribution in [3.8, 4) is 0 Å². The third-order valence-electron chi connectivity index (χ3n) is 2.96. The van der Waals surface area contributed by atoms with Crippen LogP contribution in [0, 0.1) is 12.7 Å². The highest BCUT2D eigenvalue weighted by Gasteiger charge is 2.07. The molecule has 1 N–H and O–H groups in total. The average Bonchev–Trinajstić information content (AvgIpc) is 2.42. The van der Waals surface area contributed by atoms with E-state index >= 15 is 0 Å². The summed E-state index contributed by atoms with van der Waals surface area (Å²) in [6, 6.07) is 12.3. The van der Waals surface area contributed by atoms with Crippen LogP contribution in [-0.2, 0) is 11.2 Å². The van der Waals surface area contributed by atoms with Crippen LogP contribution < -0.4 is 5.32 Å². The molecule has 0 aliphatic carbocycles. The van der Waals surface area contributed by atoms with Crippen molar-refractivity contribution >= 4 is 27.5 Å². The molecular weight excluding hydrogens is 321 g/mol. The molecule has 0 heterocycles. The fourth-order valence-electron chi connectivity index (χ4n) is 1.82. The number of carbonyl (C=O) groups is 1. The molecule has 0 atom stereocenters. The molecular formula is C16H15BrFNO. The van der Waals surface area contributed by atoms with Crippen molar-refractivity contribution in [2.45, 2.75) is 19.8 Å². The monoisotopic (exact) mass is 335 g/mol. The predicted molar refractivity (Wildman–Crippen MR) is 82.2 cm³/mol. The molecule has 0 saturated carbocycles. The smallest absolute Gasteiger partial charge is 0.224 e. The van der Waals surface area contributed by atoms with Gasteiger partial charge in [-0.15, -0.1) is 0 Å². The molecule has 0 aromatic heterocycles. The molecule has 4 heteroatoms. The van der Waals surface area contributed by atoms with E-state index in [2.05, 4.69) is 21.2 Å². The van der Waals surface area contributed by atoms with E-state index in [0.717, 1.165) is 5.56 Å². The summed E-state index contributed by atoms with van der Waals surface area (Å²) in [5, 5.41) is 2.71. The molecule has 0 spiro atoms. The first kappa shape index (κ1) is 14.7. The van der Waals surface area contributed by atoms with Crippen LogP contribution in [0.4, 0.5) is 10.1 Å². The van der Waals surface area contributed by atoms with Gasteiger partial charge in [-0.3, -0.25) is 4.79 Å². The van der Waals surface area contributed by atoms with Gasteiger partial charge in [0.1, 0.15) is 5.82 Å². The molecule has 0 unspecified atom stereocenters. The number of hydrogen-bond donors (Lipinski definition) is 1. The lowest BCUT2D eigenvalue weighted by Gasteiger charge is -2.07. The molecule has 0 bridgehead atoms. The van der Waals surface area contributed by atoms with Crippen LogP contribution in [0.2, 0.25) is 0 Å². The Bertz CT molecular complexity index is 610. The number of hydrogen-bond acceptors (Lipinski definition) is 1. The maximum absolute atomic E-state index is 13.1. The topological polar surface area (TPSA) is 29.1 Å². The van der Waals surface area contributed by atoms with Gasteiger partial charge >= 0.3 is 0 Å². The first-order valence-corrected chi connectivity index (χ1v) is 7.14. The van der Waals surface area contributed by atoms with Gasteiger partial charge in [0.25, 0.3) is 0 Å². The Morgan fingerprint density at radius 1 is 1.20 bits per heavy atom. The standard InChI is InChI=1S/C16H15BrFNO/c1-11-2-4-12(5-3-11)6-9-16(20)19-15-10-13(18)7-8-14(15)17/h2-5,7-8,10H,6,9H2,1H3,(H,19,20). The van der Waals surface area contributed by atoms with Gasteiger partial charge in [-0.25, -0.2) is 4.39 Å². The van der Waals surface area contributed by atoms with Gasteiger partial charge in [0.05, 0.1) is 5.69 Å². The molecule has 0 aliphatic heterocycles. The zero-order valence-electron chi connectivity index (χ0n) is 11.1. The van der Waals surface area contributed by atoms with E-state index in [4.69, 9.17) is 0 Å². The summed E-state index contributed by atoms with van der Waals surface area (Å²) >= 11 is 3.28. The van der Waals surface area contributed by atoms with Crippen molar-refractivity contribution in [3.63, 3.8) is 0 Å². The fraction of sp³-hybridized carbons (Fsp3) is 0.188. The largest absolute Gasteiger partial charge is 0.325 e. The summed E-state index contributed by atoms with van der Waals surface area (Å²) in [6.07, 6.45) is 1.03. The van der Waals surface area contributed by atoms with Crippen molar-refractivity contribution < 1.29 is 9.18 Å². The van der Waals surface area contributed by atoms with E-state index in [1.807, 2.05) is 31.2 Å². The van der Waals surface area contributed by atoms with Crippen LogP contribution in [0.1, 0.15) is 17.5 Å². The minimum absolute atomic E-state index is 0.128. The number of halogens is 2. The van der Waals surface area contributed by atoms with Crippen LogP contribution in [0.15, 0.2) is 46.9 Å². The van der Waals surface area contributed by atoms with Gasteiger partial charge in [-0.1, -0.05) is 29.8 Å². The van der Waals surface area contributed by atoms with E-state index < -0.39 is 0 Å². The maximum atomic E-state index is 13.1. The third-order valence-corrected chi connectivity index (χ3v) is 3.66. The Morgan fingerprint density at radius 3 is 2.60 bits per heavy atom. The number of amides is 1. The van der Waals surface area contributed by atoms with Crippen molar-refractivity contribution in [2.24, 2.45) is 0 Å². The maximum Gasteiger partial charge on any atom is 0.224 e. The molecule has 2 rings (SSSR count). The average molecular weight is 336 g/mol. The first-order chi connectivity index (χ1) is 9.54. The Balaban J connectivity index is 1.92. The highest BCUT2D eigenvalue weighted by Crippen LogP contribution is 2.23. The van der Waals surface area contributed by atoms with Crippen molar-refractivity contribution in [3.05, 3.63) is 63.9 Å². The SMILES string of the molecule is Cc1ccc(CCC(=O)Nc2cc(F)ccc2Br)cc1. The molecule has 0 aliphatic rings. The summed E-state index contributed by atoms with van der Waals surface area (Å²) in [5.41, 5.74) is 2.77. The molecule has 2 aromatic rings. The van der Waals surface area contributed by atoms with Crippen molar-refractivity contribution in [1.29, 1.82) is 0 Å². The predicted octanol–water partition coefficient (Wildman–Crippen LogP) is 4.47. The number of carbonyl (C=O) groups excluding carboxylic acids is 1. The number of nitrogens with one attached hydrogen (secondary N) is 1. The van der Waals surface area contributed by atoms with Gasteiger partial charge in [-0.05, 0) is 53.0 Å². The Hall–Kier alpha value is -1.68. The highest BCUT2D eigenvalue weighted by molar-refractivity contribution is 9.10. The lowest BCUT2D eigenvalue weighted by atomic mass is 10.1. The molecule has 2 aromatic carbocycles. The number of anilines is 1. The van der Waals surface area contributed by atoms with Crippen LogP contribution in [0.5, 0.6) is 0 Å². The molecule has 2 nitrogen and oxygen atoms in total. The van der Waals surface area contributed by atoms with E-state index in [0.29, 0.717) is 23.0 Å². The van der Waals surface area contributed by atoms with Gasteiger partial charge in [-0.2, -0.15) is 0 Å². The summed E-state index contributed by atoms with van der Waals surface area (Å²) < 4.78 is 13.8. The van der Waals surface area contributed by atoms with Crippen LogP contribution in [0.3, 0.4) is 0 Å². The van der Waals surface area contributed by atoms with Crippen LogP contribution in [-0.4, -0.2) is 5.91 Å². The van der Waals surface area contributed by atoms with Crippen LogP contribution in [0.25, 0.3) is 0 Å². The van der Waals surface area contributed by atoms with E-state index in [9.17, 15) is 9.18 Å². The fourth-order valence-corrected chi connectivity index (χ4v) is 2.16. The van der Waals surface area contributed by atoms with Gasteiger partial charge in [0, 0.05) is 10.9 Å². The molecule has 20 heavy (non-hydrogen) atoms. The van der Waals surface area contributed by atoms with Gasteiger partial charge in [0.15, 0.2) is 0 Å². The Labute approximate surface area is 126 Å². The van der Waals surface area contributed by atoms with E-state index in [-0.39, 0.29) is 11.7 Å². The van der Waals surface area contributed by atoms with Crippen molar-refractivity contribution in [1.82, 2.24) is 0 Å². The molecule has 104 valence electrons. The lowest BCUT2D eigenvalue weighted by Crippen LogP contribution is -2.12. The van der Waals surface area contributed by atoms with Crippen molar-refractivity contribution in [2.75, 3.05) is 5.32 Å². The summed E-state index contributed by atoms with van der Waals surface area (Å²) in [4.78, 5) is 11.9. The molecule has 1 amide bonds. The van der Waals surface area contributed by atoms with Gasteiger partial charge < -0.3 is 5.32 Å². The number of aryl methyl sites for hydroxylation is 2. The Kier molecular flexibility index (Phi) is 4.90. The second kappa shape index (κ2) is 6.66. The molecule has 0 fully saturated rings. The quantitative estimate of drug-likeness (QED) is 0.877. The molecule has 0 saturated heterocycles. The minimum Gasteiger partial charge on any atom is -0.325 e. The van der Waals surface area contributed by atoms with E-state index in [1.165, 1.54) is 17.7 Å². The number of rotatable bonds is 4. The second-order valence-corrected chi connectivity index (χ2v) is 5.51. The summed E-state index contributed by atoms with van der Waals surface area (Å²) in [6.45, 7) is 2.03. The minimum atomic E-state index is -0.373. The van der Waals surface area contributed by atoms with Gasteiger partial charge in [0.2, 0.25) is 5.91 Å².